The summed E-state index contributed by atoms with van der Waals surface area (Å²) < 4.78 is 7.94. The van der Waals surface area contributed by atoms with E-state index in [4.69, 9.17) is 4.42 Å². The van der Waals surface area contributed by atoms with E-state index in [2.05, 4.69) is 20.0 Å². The third kappa shape index (κ3) is 2.81. The van der Waals surface area contributed by atoms with Crippen LogP contribution in [0.2, 0.25) is 0 Å². The van der Waals surface area contributed by atoms with E-state index in [9.17, 15) is 0 Å². The number of para-hydroxylation sites is 2. The molecule has 1 aromatic carbocycles. The highest BCUT2D eigenvalue weighted by Gasteiger charge is 2.24. The van der Waals surface area contributed by atoms with E-state index in [-0.39, 0.29) is 0 Å². The fraction of sp³-hybridized carbons (Fsp3) is 0.471. The number of rotatable bonds is 3. The lowest BCUT2D eigenvalue weighted by molar-refractivity contribution is 0.338. The van der Waals surface area contributed by atoms with Crippen molar-refractivity contribution in [2.75, 3.05) is 18.0 Å². The minimum Gasteiger partial charge on any atom is -0.423 e. The number of oxazole rings is 1. The lowest BCUT2D eigenvalue weighted by Crippen LogP contribution is -2.37. The molecule has 1 saturated heterocycles. The highest BCUT2D eigenvalue weighted by Crippen LogP contribution is 2.27. The van der Waals surface area contributed by atoms with Gasteiger partial charge in [0, 0.05) is 19.6 Å². The van der Waals surface area contributed by atoms with Crippen LogP contribution in [-0.2, 0) is 6.54 Å². The molecule has 23 heavy (non-hydrogen) atoms. The summed E-state index contributed by atoms with van der Waals surface area (Å²) in [5.41, 5.74) is 1.78. The summed E-state index contributed by atoms with van der Waals surface area (Å²) in [6, 6.07) is 8.66. The van der Waals surface area contributed by atoms with E-state index in [0.717, 1.165) is 54.8 Å². The molecule has 3 aromatic rings. The Hall–Kier alpha value is -2.37. The number of aryl methyl sites for hydroxylation is 2. The molecule has 0 radical (unpaired) electrons. The fourth-order valence-corrected chi connectivity index (χ4v) is 3.36. The van der Waals surface area contributed by atoms with Gasteiger partial charge in [-0.15, -0.1) is 0 Å². The normalized spacial score (nSPS) is 18.7. The topological polar surface area (TPSA) is 60.0 Å². The van der Waals surface area contributed by atoms with Crippen molar-refractivity contribution in [1.29, 1.82) is 0 Å². The van der Waals surface area contributed by atoms with Gasteiger partial charge < -0.3 is 9.32 Å². The maximum absolute atomic E-state index is 5.91. The smallest absolute Gasteiger partial charge is 0.298 e. The van der Waals surface area contributed by atoms with Crippen LogP contribution in [0.4, 0.5) is 6.01 Å². The number of benzene rings is 1. The molecule has 1 fully saturated rings. The third-order valence-electron chi connectivity index (χ3n) is 4.47. The minimum absolute atomic E-state index is 0.540. The van der Waals surface area contributed by atoms with Crippen LogP contribution >= 0.6 is 0 Å². The van der Waals surface area contributed by atoms with Gasteiger partial charge in [0.05, 0.1) is 0 Å². The molecule has 0 N–H and O–H groups in total. The molecule has 0 saturated carbocycles. The van der Waals surface area contributed by atoms with Crippen molar-refractivity contribution in [3.8, 4) is 0 Å². The third-order valence-corrected chi connectivity index (χ3v) is 4.47. The highest BCUT2D eigenvalue weighted by atomic mass is 16.4. The van der Waals surface area contributed by atoms with Crippen LogP contribution in [0.1, 0.15) is 24.5 Å². The quantitative estimate of drug-likeness (QED) is 0.744. The van der Waals surface area contributed by atoms with Crippen molar-refractivity contribution >= 4 is 17.1 Å². The van der Waals surface area contributed by atoms with Crippen molar-refractivity contribution < 1.29 is 4.42 Å². The molecule has 0 spiro atoms. The number of anilines is 1. The van der Waals surface area contributed by atoms with E-state index in [0.29, 0.717) is 5.92 Å². The molecule has 1 atom stereocenters. The van der Waals surface area contributed by atoms with Gasteiger partial charge in [-0.05, 0) is 44.7 Å². The van der Waals surface area contributed by atoms with Crippen LogP contribution in [0.3, 0.4) is 0 Å². The van der Waals surface area contributed by atoms with E-state index in [1.165, 1.54) is 6.42 Å². The van der Waals surface area contributed by atoms with Gasteiger partial charge >= 0.3 is 0 Å². The first-order valence-corrected chi connectivity index (χ1v) is 8.17. The van der Waals surface area contributed by atoms with Crippen molar-refractivity contribution in [2.24, 2.45) is 5.92 Å². The summed E-state index contributed by atoms with van der Waals surface area (Å²) in [6.45, 7) is 6.81. The fourth-order valence-electron chi connectivity index (χ4n) is 3.36. The van der Waals surface area contributed by atoms with Crippen LogP contribution in [0.5, 0.6) is 0 Å². The SMILES string of the molecule is Cc1nc(C)n(C[C@@H]2CCCN(c3nc4ccccc4o3)C2)n1. The molecule has 6 heteroatoms. The van der Waals surface area contributed by atoms with Crippen LogP contribution in [-0.4, -0.2) is 32.8 Å². The number of nitrogens with zero attached hydrogens (tertiary/aromatic N) is 5. The first kappa shape index (κ1) is 14.2. The van der Waals surface area contributed by atoms with Crippen LogP contribution in [0.15, 0.2) is 28.7 Å². The monoisotopic (exact) mass is 311 g/mol. The van der Waals surface area contributed by atoms with E-state index in [1.54, 1.807) is 0 Å². The lowest BCUT2D eigenvalue weighted by atomic mass is 9.98. The Bertz CT molecular complexity index is 788. The molecule has 1 aliphatic heterocycles. The van der Waals surface area contributed by atoms with Gasteiger partial charge in [-0.25, -0.2) is 9.67 Å². The molecule has 1 aliphatic rings. The zero-order chi connectivity index (χ0) is 15.8. The largest absolute Gasteiger partial charge is 0.423 e. The van der Waals surface area contributed by atoms with Gasteiger partial charge in [-0.1, -0.05) is 12.1 Å². The first-order chi connectivity index (χ1) is 11.2. The molecular weight excluding hydrogens is 290 g/mol. The molecule has 2 aromatic heterocycles. The van der Waals surface area contributed by atoms with Gasteiger partial charge in [0.25, 0.3) is 6.01 Å². The molecule has 0 unspecified atom stereocenters. The number of piperidine rings is 1. The highest BCUT2D eigenvalue weighted by molar-refractivity contribution is 5.74. The van der Waals surface area contributed by atoms with Crippen molar-refractivity contribution in [1.82, 2.24) is 19.7 Å². The molecule has 4 rings (SSSR count). The number of aromatic nitrogens is 4. The van der Waals surface area contributed by atoms with Crippen LogP contribution < -0.4 is 4.90 Å². The second-order valence-electron chi connectivity index (χ2n) is 6.31. The Morgan fingerprint density at radius 3 is 2.87 bits per heavy atom. The van der Waals surface area contributed by atoms with Gasteiger partial charge in [0.15, 0.2) is 5.58 Å². The second-order valence-corrected chi connectivity index (χ2v) is 6.31. The molecule has 0 bridgehead atoms. The average Bonchev–Trinajstić information content (AvgIpc) is 3.11. The Morgan fingerprint density at radius 2 is 2.09 bits per heavy atom. The lowest BCUT2D eigenvalue weighted by Gasteiger charge is -2.31. The van der Waals surface area contributed by atoms with Gasteiger partial charge in [-0.3, -0.25) is 0 Å². The zero-order valence-electron chi connectivity index (χ0n) is 13.6. The molecule has 0 amide bonds. The maximum Gasteiger partial charge on any atom is 0.298 e. The van der Waals surface area contributed by atoms with Crippen molar-refractivity contribution in [3.05, 3.63) is 35.9 Å². The van der Waals surface area contributed by atoms with Gasteiger partial charge in [0.1, 0.15) is 17.2 Å². The summed E-state index contributed by atoms with van der Waals surface area (Å²) in [5.74, 6) is 2.37. The Morgan fingerprint density at radius 1 is 1.22 bits per heavy atom. The van der Waals surface area contributed by atoms with Crippen molar-refractivity contribution in [2.45, 2.75) is 33.2 Å². The minimum atomic E-state index is 0.540. The summed E-state index contributed by atoms with van der Waals surface area (Å²) in [6.07, 6.45) is 2.35. The Kier molecular flexibility index (Phi) is 3.52. The number of hydrogen-bond donors (Lipinski definition) is 0. The Labute approximate surface area is 135 Å². The Balaban J connectivity index is 1.51. The summed E-state index contributed by atoms with van der Waals surface area (Å²) in [7, 11) is 0. The standard InChI is InChI=1S/C17H21N5O/c1-12-18-13(2)22(20-12)11-14-6-5-9-21(10-14)17-19-15-7-3-4-8-16(15)23-17/h3-4,7-8,14H,5-6,9-11H2,1-2H3/t14-/m1/s1. The van der Waals surface area contributed by atoms with Gasteiger partial charge in [-0.2, -0.15) is 10.1 Å². The molecule has 6 nitrogen and oxygen atoms in total. The number of fused-ring (bicyclic) bond motifs is 1. The molecule has 0 aliphatic carbocycles. The molecule has 3 heterocycles. The van der Waals surface area contributed by atoms with E-state index >= 15 is 0 Å². The predicted molar refractivity (Wildman–Crippen MR) is 88.4 cm³/mol. The molecular formula is C17H21N5O. The summed E-state index contributed by atoms with van der Waals surface area (Å²) in [4.78, 5) is 11.3. The van der Waals surface area contributed by atoms with Gasteiger partial charge in [0.2, 0.25) is 0 Å². The first-order valence-electron chi connectivity index (χ1n) is 8.17. The summed E-state index contributed by atoms with van der Waals surface area (Å²) >= 11 is 0. The van der Waals surface area contributed by atoms with Crippen molar-refractivity contribution in [3.63, 3.8) is 0 Å². The second kappa shape index (κ2) is 5.68. The zero-order valence-corrected chi connectivity index (χ0v) is 13.6. The molecule has 120 valence electrons. The van der Waals surface area contributed by atoms with Crippen LogP contribution in [0, 0.1) is 19.8 Å². The summed E-state index contributed by atoms with van der Waals surface area (Å²) in [5, 5.41) is 4.48. The van der Waals surface area contributed by atoms with Crippen LogP contribution in [0.25, 0.3) is 11.1 Å². The maximum atomic E-state index is 5.91. The predicted octanol–water partition coefficient (Wildman–Crippen LogP) is 2.95. The number of hydrogen-bond acceptors (Lipinski definition) is 5. The average molecular weight is 311 g/mol. The van der Waals surface area contributed by atoms with E-state index < -0.39 is 0 Å². The van der Waals surface area contributed by atoms with E-state index in [1.807, 2.05) is 42.8 Å².